The summed E-state index contributed by atoms with van der Waals surface area (Å²) in [5, 5.41) is 9.15. The third kappa shape index (κ3) is 11.1. The number of hydrogen-bond donors (Lipinski definition) is 2. The van der Waals surface area contributed by atoms with Gasteiger partial charge in [0.25, 0.3) is 10.1 Å². The molecule has 11 heteroatoms. The highest BCUT2D eigenvalue weighted by atomic mass is 32.2. The minimum absolute atomic E-state index is 0.0795. The molecule has 0 aliphatic heterocycles. The molecule has 1 aromatic heterocycles. The molecule has 0 radical (unpaired) electrons. The average Bonchev–Trinajstić information content (AvgIpc) is 2.12. The molecule has 1 rings (SSSR count). The number of pyridine rings is 1. The monoisotopic (exact) mass is 291 g/mol. The zero-order chi connectivity index (χ0) is 14.4. The Balaban J connectivity index is 0.000000494. The van der Waals surface area contributed by atoms with Crippen LogP contribution in [0.5, 0.6) is 0 Å². The Morgan fingerprint density at radius 2 is 1.72 bits per heavy atom. The van der Waals surface area contributed by atoms with Gasteiger partial charge >= 0.3 is 7.25 Å². The summed E-state index contributed by atoms with van der Waals surface area (Å²) in [5.41, 5.74) is 0.431. The van der Waals surface area contributed by atoms with Gasteiger partial charge in [-0.1, -0.05) is 0 Å². The van der Waals surface area contributed by atoms with Gasteiger partial charge in [0.1, 0.15) is 0 Å². The Morgan fingerprint density at radius 3 is 2.11 bits per heavy atom. The summed E-state index contributed by atoms with van der Waals surface area (Å²) in [7, 11) is -9.96. The van der Waals surface area contributed by atoms with Gasteiger partial charge in [-0.15, -0.1) is 0 Å². The van der Waals surface area contributed by atoms with Crippen molar-refractivity contribution >= 4 is 17.4 Å². The Kier molecular flexibility index (Phi) is 6.05. The number of hydrogen-bond acceptors (Lipinski definition) is 3. The standard InChI is InChI=1S/C7H9NO4S.BF4/c9-8-5-2-1-3-7(8)4-6-13(10,11)12;2-1(3,4)5/h1-3,5H,4,6H2,(H-,9,10,11,12);/q;-1/p+1. The molecule has 2 N–H and O–H groups in total. The predicted molar refractivity (Wildman–Crippen MR) is 54.1 cm³/mol. The summed E-state index contributed by atoms with van der Waals surface area (Å²) < 4.78 is 69.0. The second kappa shape index (κ2) is 6.54. The van der Waals surface area contributed by atoms with Crippen LogP contribution in [0.1, 0.15) is 5.69 Å². The summed E-state index contributed by atoms with van der Waals surface area (Å²) in [4.78, 5) is 0. The number of aryl methyl sites for hydroxylation is 1. The topological polar surface area (TPSA) is 78.5 Å². The summed E-state index contributed by atoms with van der Waals surface area (Å²) in [6.07, 6.45) is 1.47. The van der Waals surface area contributed by atoms with Crippen LogP contribution in [0.3, 0.4) is 0 Å². The Hall–Kier alpha value is -1.36. The first-order valence-electron chi connectivity index (χ1n) is 4.50. The molecule has 0 unspecified atom stereocenters. The Bertz CT molecular complexity index is 473. The zero-order valence-corrected chi connectivity index (χ0v) is 9.70. The van der Waals surface area contributed by atoms with Gasteiger partial charge in [0, 0.05) is 16.9 Å². The van der Waals surface area contributed by atoms with E-state index < -0.39 is 23.1 Å². The van der Waals surface area contributed by atoms with E-state index in [-0.39, 0.29) is 6.42 Å². The first-order chi connectivity index (χ1) is 7.99. The van der Waals surface area contributed by atoms with Crippen LogP contribution in [-0.4, -0.2) is 31.2 Å². The van der Waals surface area contributed by atoms with Gasteiger partial charge in [-0.2, -0.15) is 8.42 Å². The van der Waals surface area contributed by atoms with Crippen molar-refractivity contribution in [3.8, 4) is 0 Å². The van der Waals surface area contributed by atoms with Gasteiger partial charge in [0.05, 0.1) is 12.2 Å². The molecule has 0 saturated heterocycles. The normalized spacial score (nSPS) is 11.6. The highest BCUT2D eigenvalue weighted by molar-refractivity contribution is 7.85. The van der Waals surface area contributed by atoms with Crippen molar-refractivity contribution in [2.24, 2.45) is 0 Å². The van der Waals surface area contributed by atoms with Gasteiger partial charge < -0.3 is 17.3 Å². The van der Waals surface area contributed by atoms with E-state index in [0.717, 1.165) is 4.73 Å². The van der Waals surface area contributed by atoms with E-state index in [9.17, 15) is 25.7 Å². The molecule has 0 aromatic carbocycles. The van der Waals surface area contributed by atoms with Crippen LogP contribution < -0.4 is 4.73 Å². The molecular formula is C7H10BF4NO4S. The van der Waals surface area contributed by atoms with Crippen molar-refractivity contribution in [2.75, 3.05) is 5.75 Å². The van der Waals surface area contributed by atoms with Crippen molar-refractivity contribution in [2.45, 2.75) is 6.42 Å². The van der Waals surface area contributed by atoms with Crippen LogP contribution in [0.15, 0.2) is 24.4 Å². The van der Waals surface area contributed by atoms with E-state index in [2.05, 4.69) is 0 Å². The summed E-state index contributed by atoms with van der Waals surface area (Å²) in [5.74, 6) is -0.391. The second-order valence-corrected chi connectivity index (χ2v) is 4.64. The molecule has 0 saturated carbocycles. The van der Waals surface area contributed by atoms with Crippen molar-refractivity contribution in [3.63, 3.8) is 0 Å². The van der Waals surface area contributed by atoms with Gasteiger partial charge in [-0.05, 0) is 6.07 Å². The summed E-state index contributed by atoms with van der Waals surface area (Å²) in [6.45, 7) is 0. The molecule has 104 valence electrons. The molecule has 0 spiro atoms. The van der Waals surface area contributed by atoms with Crippen LogP contribution >= 0.6 is 0 Å². The molecule has 0 aliphatic rings. The molecule has 0 atom stereocenters. The molecule has 1 heterocycles. The molecule has 0 bridgehead atoms. The van der Waals surface area contributed by atoms with Gasteiger partial charge in [-0.25, -0.2) is 0 Å². The van der Waals surface area contributed by atoms with E-state index >= 15 is 0 Å². The third-order valence-electron chi connectivity index (χ3n) is 1.54. The second-order valence-electron chi connectivity index (χ2n) is 3.07. The maximum atomic E-state index is 10.4. The van der Waals surface area contributed by atoms with E-state index in [1.54, 1.807) is 18.2 Å². The first-order valence-corrected chi connectivity index (χ1v) is 6.11. The smallest absolute Gasteiger partial charge is 0.418 e. The van der Waals surface area contributed by atoms with Crippen molar-refractivity contribution in [1.82, 2.24) is 0 Å². The number of aromatic nitrogens is 1. The molecule has 18 heavy (non-hydrogen) atoms. The van der Waals surface area contributed by atoms with Crippen LogP contribution in [0.2, 0.25) is 0 Å². The first kappa shape index (κ1) is 16.6. The lowest BCUT2D eigenvalue weighted by atomic mass is 10.3. The minimum atomic E-state index is -6.00. The van der Waals surface area contributed by atoms with Crippen LogP contribution in [0.4, 0.5) is 17.3 Å². The SMILES string of the molecule is F[B-](F)(F)F.O=S(=O)(O)CCc1cccc[n+]1O. The number of halogens is 4. The predicted octanol–water partition coefficient (Wildman–Crippen LogP) is 0.942. The molecular weight excluding hydrogens is 281 g/mol. The maximum Gasteiger partial charge on any atom is 0.673 e. The fraction of sp³-hybridized carbons (Fsp3) is 0.286. The fourth-order valence-electron chi connectivity index (χ4n) is 0.901. The number of rotatable bonds is 3. The van der Waals surface area contributed by atoms with E-state index in [1.807, 2.05) is 0 Å². The lowest BCUT2D eigenvalue weighted by Gasteiger charge is -1.94. The van der Waals surface area contributed by atoms with Crippen LogP contribution in [0, 0.1) is 0 Å². The highest BCUT2D eigenvalue weighted by Gasteiger charge is 2.20. The summed E-state index contributed by atoms with van der Waals surface area (Å²) >= 11 is 0. The van der Waals surface area contributed by atoms with Crippen molar-refractivity contribution in [3.05, 3.63) is 30.1 Å². The van der Waals surface area contributed by atoms with Gasteiger partial charge in [-0.3, -0.25) is 9.76 Å². The van der Waals surface area contributed by atoms with E-state index in [1.165, 1.54) is 6.20 Å². The Labute approximate surface area is 100 Å². The van der Waals surface area contributed by atoms with E-state index in [0.29, 0.717) is 5.69 Å². The molecule has 5 nitrogen and oxygen atoms in total. The number of nitrogens with zero attached hydrogens (tertiary/aromatic N) is 1. The lowest BCUT2D eigenvalue weighted by molar-refractivity contribution is -0.909. The largest absolute Gasteiger partial charge is 0.673 e. The quantitative estimate of drug-likeness (QED) is 0.286. The fourth-order valence-corrected chi connectivity index (χ4v) is 1.37. The van der Waals surface area contributed by atoms with Gasteiger partial charge in [0.15, 0.2) is 0 Å². The maximum absolute atomic E-state index is 10.4. The molecule has 0 amide bonds. The van der Waals surface area contributed by atoms with Crippen LogP contribution in [-0.2, 0) is 16.5 Å². The summed E-state index contributed by atoms with van der Waals surface area (Å²) in [6, 6.07) is 4.86. The van der Waals surface area contributed by atoms with Gasteiger partial charge in [0.2, 0.25) is 11.9 Å². The molecule has 1 aromatic rings. The van der Waals surface area contributed by atoms with Crippen LogP contribution in [0.25, 0.3) is 0 Å². The van der Waals surface area contributed by atoms with Crippen molar-refractivity contribution in [1.29, 1.82) is 0 Å². The third-order valence-corrected chi connectivity index (χ3v) is 2.26. The average molecular weight is 291 g/mol. The highest BCUT2D eigenvalue weighted by Crippen LogP contribution is 2.06. The molecule has 0 aliphatic carbocycles. The minimum Gasteiger partial charge on any atom is -0.418 e. The van der Waals surface area contributed by atoms with Crippen molar-refractivity contribution < 1.29 is 40.2 Å². The van der Waals surface area contributed by atoms with E-state index in [4.69, 9.17) is 9.76 Å². The molecule has 0 fully saturated rings. The zero-order valence-electron chi connectivity index (χ0n) is 8.88. The Morgan fingerprint density at radius 1 is 1.22 bits per heavy atom. The lowest BCUT2D eigenvalue weighted by Crippen LogP contribution is -2.35.